The van der Waals surface area contributed by atoms with Crippen LogP contribution < -0.4 is 0 Å². The van der Waals surface area contributed by atoms with E-state index in [0.29, 0.717) is 22.8 Å². The van der Waals surface area contributed by atoms with Crippen LogP contribution in [0.1, 0.15) is 54.4 Å². The van der Waals surface area contributed by atoms with E-state index in [1.54, 1.807) is 11.3 Å². The SMILES string of the molecule is Cc1nc(C)c(-c2nnc(SC(C)c3nc(C(C)C)no3)o2)s1. The van der Waals surface area contributed by atoms with Crippen LogP contribution in [-0.4, -0.2) is 25.3 Å². The molecule has 0 aliphatic rings. The van der Waals surface area contributed by atoms with E-state index in [9.17, 15) is 0 Å². The smallest absolute Gasteiger partial charge is 0.277 e. The molecular formula is C14H17N5O2S2. The molecule has 1 unspecified atom stereocenters. The lowest BCUT2D eigenvalue weighted by atomic mass is 10.2. The zero-order chi connectivity index (χ0) is 16.6. The first-order valence-corrected chi connectivity index (χ1v) is 8.91. The molecule has 0 radical (unpaired) electrons. The van der Waals surface area contributed by atoms with Crippen molar-refractivity contribution in [2.75, 3.05) is 0 Å². The Balaban J connectivity index is 1.74. The Morgan fingerprint density at radius 3 is 2.48 bits per heavy atom. The number of aryl methyl sites for hydroxylation is 2. The molecule has 0 saturated carbocycles. The van der Waals surface area contributed by atoms with Gasteiger partial charge >= 0.3 is 0 Å². The number of hydrogen-bond acceptors (Lipinski definition) is 9. The van der Waals surface area contributed by atoms with Crippen LogP contribution in [-0.2, 0) is 0 Å². The van der Waals surface area contributed by atoms with Crippen LogP contribution in [0.25, 0.3) is 10.8 Å². The van der Waals surface area contributed by atoms with Gasteiger partial charge in [-0.1, -0.05) is 30.8 Å². The Labute approximate surface area is 141 Å². The minimum atomic E-state index is -0.0624. The maximum atomic E-state index is 5.73. The number of thioether (sulfide) groups is 1. The molecular weight excluding hydrogens is 334 g/mol. The molecule has 7 nitrogen and oxygen atoms in total. The van der Waals surface area contributed by atoms with Crippen LogP contribution in [0.2, 0.25) is 0 Å². The normalized spacial score (nSPS) is 13.0. The number of hydrogen-bond donors (Lipinski definition) is 0. The predicted molar refractivity (Wildman–Crippen MR) is 87.5 cm³/mol. The Morgan fingerprint density at radius 2 is 1.87 bits per heavy atom. The van der Waals surface area contributed by atoms with Crippen LogP contribution in [0.5, 0.6) is 0 Å². The summed E-state index contributed by atoms with van der Waals surface area (Å²) >= 11 is 2.94. The van der Waals surface area contributed by atoms with Gasteiger partial charge in [0, 0.05) is 5.92 Å². The highest BCUT2D eigenvalue weighted by atomic mass is 32.2. The summed E-state index contributed by atoms with van der Waals surface area (Å²) in [6.07, 6.45) is 0. The molecule has 0 saturated heterocycles. The summed E-state index contributed by atoms with van der Waals surface area (Å²) < 4.78 is 11.0. The summed E-state index contributed by atoms with van der Waals surface area (Å²) in [5.41, 5.74) is 0.902. The Bertz CT molecular complexity index is 808. The van der Waals surface area contributed by atoms with Gasteiger partial charge in [-0.2, -0.15) is 4.98 Å². The largest absolute Gasteiger partial charge is 0.410 e. The van der Waals surface area contributed by atoms with Crippen LogP contribution in [0.15, 0.2) is 14.2 Å². The van der Waals surface area contributed by atoms with Crippen molar-refractivity contribution in [2.24, 2.45) is 0 Å². The van der Waals surface area contributed by atoms with E-state index in [2.05, 4.69) is 25.3 Å². The lowest BCUT2D eigenvalue weighted by Gasteiger charge is -2.01. The maximum Gasteiger partial charge on any atom is 0.277 e. The summed E-state index contributed by atoms with van der Waals surface area (Å²) in [7, 11) is 0. The fourth-order valence-electron chi connectivity index (χ4n) is 1.93. The monoisotopic (exact) mass is 351 g/mol. The molecule has 0 amide bonds. The predicted octanol–water partition coefficient (Wildman–Crippen LogP) is 4.17. The number of aromatic nitrogens is 5. The number of nitrogens with zero attached hydrogens (tertiary/aromatic N) is 5. The molecule has 0 aliphatic heterocycles. The van der Waals surface area contributed by atoms with Gasteiger partial charge in [-0.15, -0.1) is 21.5 Å². The van der Waals surface area contributed by atoms with Gasteiger partial charge in [0.2, 0.25) is 5.89 Å². The zero-order valence-corrected chi connectivity index (χ0v) is 15.2. The van der Waals surface area contributed by atoms with Gasteiger partial charge in [0.05, 0.1) is 16.0 Å². The molecule has 3 aromatic heterocycles. The minimum Gasteiger partial charge on any atom is -0.410 e. The van der Waals surface area contributed by atoms with Crippen LogP contribution in [0, 0.1) is 13.8 Å². The van der Waals surface area contributed by atoms with Crippen LogP contribution >= 0.6 is 23.1 Å². The lowest BCUT2D eigenvalue weighted by Crippen LogP contribution is -1.92. The van der Waals surface area contributed by atoms with Gasteiger partial charge in [-0.05, 0) is 20.8 Å². The van der Waals surface area contributed by atoms with Crippen molar-refractivity contribution in [3.63, 3.8) is 0 Å². The van der Waals surface area contributed by atoms with E-state index < -0.39 is 0 Å². The van der Waals surface area contributed by atoms with Crippen LogP contribution in [0.4, 0.5) is 0 Å². The molecule has 0 fully saturated rings. The summed E-state index contributed by atoms with van der Waals surface area (Å²) in [6, 6.07) is 0. The third-order valence-corrected chi connectivity index (χ3v) is 5.09. The van der Waals surface area contributed by atoms with Crippen molar-refractivity contribution in [3.05, 3.63) is 22.4 Å². The summed E-state index contributed by atoms with van der Waals surface area (Å²) in [4.78, 5) is 9.68. The van der Waals surface area contributed by atoms with E-state index in [0.717, 1.165) is 15.6 Å². The van der Waals surface area contributed by atoms with Gasteiger partial charge in [0.1, 0.15) is 4.88 Å². The average molecular weight is 351 g/mol. The van der Waals surface area contributed by atoms with Gasteiger partial charge < -0.3 is 8.94 Å². The van der Waals surface area contributed by atoms with E-state index in [4.69, 9.17) is 8.94 Å². The highest BCUT2D eigenvalue weighted by Crippen LogP contribution is 2.36. The maximum absolute atomic E-state index is 5.73. The van der Waals surface area contributed by atoms with Crippen molar-refractivity contribution in [3.8, 4) is 10.8 Å². The number of rotatable bonds is 5. The van der Waals surface area contributed by atoms with Gasteiger partial charge in [0.25, 0.3) is 11.1 Å². The first-order chi connectivity index (χ1) is 10.9. The number of thiazole rings is 1. The molecule has 1 atom stereocenters. The highest BCUT2D eigenvalue weighted by molar-refractivity contribution is 7.99. The fourth-order valence-corrected chi connectivity index (χ4v) is 3.48. The molecule has 23 heavy (non-hydrogen) atoms. The molecule has 3 aromatic rings. The first-order valence-electron chi connectivity index (χ1n) is 7.22. The van der Waals surface area contributed by atoms with Crippen molar-refractivity contribution in [1.29, 1.82) is 0 Å². The third-order valence-electron chi connectivity index (χ3n) is 3.10. The second-order valence-electron chi connectivity index (χ2n) is 5.43. The van der Waals surface area contributed by atoms with Crippen LogP contribution in [0.3, 0.4) is 0 Å². The van der Waals surface area contributed by atoms with Crippen molar-refractivity contribution < 1.29 is 8.94 Å². The highest BCUT2D eigenvalue weighted by Gasteiger charge is 2.21. The second-order valence-corrected chi connectivity index (χ2v) is 7.92. The van der Waals surface area contributed by atoms with E-state index in [1.807, 2.05) is 34.6 Å². The van der Waals surface area contributed by atoms with Gasteiger partial charge in [-0.25, -0.2) is 4.98 Å². The fraction of sp³-hybridized carbons (Fsp3) is 0.500. The topological polar surface area (TPSA) is 90.7 Å². The third kappa shape index (κ3) is 3.45. The lowest BCUT2D eigenvalue weighted by molar-refractivity contribution is 0.372. The molecule has 3 rings (SSSR count). The molecule has 122 valence electrons. The standard InChI is InChI=1S/C14H17N5O2S2/c1-6(2)11-16-12(21-19-11)8(4)22-14-18-17-13(20-14)10-7(3)15-9(5)23-10/h6,8H,1-5H3. The van der Waals surface area contributed by atoms with Gasteiger partial charge in [0.15, 0.2) is 5.82 Å². The van der Waals surface area contributed by atoms with E-state index in [1.165, 1.54) is 11.8 Å². The van der Waals surface area contributed by atoms with Gasteiger partial charge in [-0.3, -0.25) is 0 Å². The van der Waals surface area contributed by atoms with E-state index in [-0.39, 0.29) is 11.2 Å². The summed E-state index contributed by atoms with van der Waals surface area (Å²) in [5, 5.41) is 13.6. The molecule has 9 heteroatoms. The molecule has 0 aliphatic carbocycles. The zero-order valence-electron chi connectivity index (χ0n) is 13.5. The van der Waals surface area contributed by atoms with Crippen molar-refractivity contribution in [1.82, 2.24) is 25.3 Å². The average Bonchev–Trinajstić information content (AvgIpc) is 3.18. The van der Waals surface area contributed by atoms with Crippen molar-refractivity contribution >= 4 is 23.1 Å². The minimum absolute atomic E-state index is 0.0624. The Morgan fingerprint density at radius 1 is 1.09 bits per heavy atom. The molecule has 3 heterocycles. The Kier molecular flexibility index (Phi) is 4.49. The van der Waals surface area contributed by atoms with E-state index >= 15 is 0 Å². The molecule has 0 spiro atoms. The summed E-state index contributed by atoms with van der Waals surface area (Å²) in [5.74, 6) is 1.99. The second kappa shape index (κ2) is 6.40. The molecule has 0 aromatic carbocycles. The Hall–Kier alpha value is -1.74. The summed E-state index contributed by atoms with van der Waals surface area (Å²) in [6.45, 7) is 9.90. The van der Waals surface area contributed by atoms with Crippen molar-refractivity contribution in [2.45, 2.75) is 51.0 Å². The first kappa shape index (κ1) is 16.1. The quantitative estimate of drug-likeness (QED) is 0.633. The molecule has 0 bridgehead atoms. The molecule has 0 N–H and O–H groups in total.